The molecular formula is C18H13ClN2O6. The predicted molar refractivity (Wildman–Crippen MR) is 98.3 cm³/mol. The largest absolute Gasteiger partial charge is 0.493 e. The number of hydrogen-bond donors (Lipinski definition) is 0. The fourth-order valence-electron chi connectivity index (χ4n) is 2.42. The van der Waals surface area contributed by atoms with Crippen molar-refractivity contribution in [3.8, 4) is 11.5 Å². The van der Waals surface area contributed by atoms with Crippen LogP contribution in [0.1, 0.15) is 11.1 Å². The van der Waals surface area contributed by atoms with Crippen LogP contribution >= 0.6 is 11.6 Å². The van der Waals surface area contributed by atoms with Crippen molar-refractivity contribution in [3.05, 3.63) is 68.4 Å². The van der Waals surface area contributed by atoms with Crippen molar-refractivity contribution in [2.75, 3.05) is 14.2 Å². The first-order valence-corrected chi connectivity index (χ1v) is 7.99. The molecule has 2 aromatic carbocycles. The van der Waals surface area contributed by atoms with E-state index in [4.69, 9.17) is 25.8 Å². The molecule has 0 N–H and O–H groups in total. The molecule has 0 aromatic heterocycles. The van der Waals surface area contributed by atoms with Crippen LogP contribution in [0.5, 0.6) is 11.5 Å². The summed E-state index contributed by atoms with van der Waals surface area (Å²) in [5.41, 5.74) is 0.826. The van der Waals surface area contributed by atoms with Crippen LogP contribution in [0.3, 0.4) is 0 Å². The zero-order valence-electron chi connectivity index (χ0n) is 14.3. The van der Waals surface area contributed by atoms with Crippen molar-refractivity contribution < 1.29 is 23.9 Å². The molecule has 0 saturated carbocycles. The molecule has 1 aliphatic heterocycles. The quantitative estimate of drug-likeness (QED) is 0.335. The molecule has 0 atom stereocenters. The van der Waals surface area contributed by atoms with E-state index in [1.165, 1.54) is 38.5 Å². The van der Waals surface area contributed by atoms with Gasteiger partial charge in [0.15, 0.2) is 17.2 Å². The number of cyclic esters (lactones) is 1. The summed E-state index contributed by atoms with van der Waals surface area (Å²) in [5, 5.41) is 10.9. The van der Waals surface area contributed by atoms with Gasteiger partial charge >= 0.3 is 5.97 Å². The van der Waals surface area contributed by atoms with Gasteiger partial charge in [0.25, 0.3) is 5.69 Å². The number of halogens is 1. The smallest absolute Gasteiger partial charge is 0.363 e. The SMILES string of the molecule is COc1ccc(C=C2N=C(c3ccc([N+](=O)[O-])cc3Cl)OC2=O)cc1OC. The van der Waals surface area contributed by atoms with Gasteiger partial charge in [0, 0.05) is 12.1 Å². The Morgan fingerprint density at radius 3 is 2.52 bits per heavy atom. The molecule has 1 heterocycles. The number of nitro groups is 1. The van der Waals surface area contributed by atoms with E-state index in [1.807, 2.05) is 0 Å². The molecule has 2 aromatic rings. The number of nitro benzene ring substituents is 1. The van der Waals surface area contributed by atoms with Gasteiger partial charge in [-0.2, -0.15) is 0 Å². The maximum Gasteiger partial charge on any atom is 0.363 e. The van der Waals surface area contributed by atoms with E-state index in [1.54, 1.807) is 18.2 Å². The van der Waals surface area contributed by atoms with Crippen LogP contribution in [0.15, 0.2) is 47.1 Å². The number of ether oxygens (including phenoxy) is 3. The fourth-order valence-corrected chi connectivity index (χ4v) is 2.67. The van der Waals surface area contributed by atoms with Crippen LogP contribution < -0.4 is 9.47 Å². The van der Waals surface area contributed by atoms with Crippen molar-refractivity contribution >= 4 is 35.2 Å². The Labute approximate surface area is 158 Å². The summed E-state index contributed by atoms with van der Waals surface area (Å²) < 4.78 is 15.5. The lowest BCUT2D eigenvalue weighted by atomic mass is 10.1. The van der Waals surface area contributed by atoms with Crippen LogP contribution in [-0.4, -0.2) is 31.0 Å². The molecule has 0 unspecified atom stereocenters. The third kappa shape index (κ3) is 3.75. The Bertz CT molecular complexity index is 999. The number of benzene rings is 2. The third-order valence-corrected chi connectivity index (χ3v) is 4.04. The summed E-state index contributed by atoms with van der Waals surface area (Å²) in [6, 6.07) is 8.92. The van der Waals surface area contributed by atoms with E-state index < -0.39 is 10.9 Å². The number of non-ortho nitro benzene ring substituents is 1. The molecule has 138 valence electrons. The van der Waals surface area contributed by atoms with Crippen LogP contribution in [0.4, 0.5) is 5.69 Å². The Morgan fingerprint density at radius 2 is 1.89 bits per heavy atom. The number of aliphatic imine (C=N–C) groups is 1. The summed E-state index contributed by atoms with van der Waals surface area (Å²) in [5.74, 6) is 0.372. The van der Waals surface area contributed by atoms with Gasteiger partial charge in [0.1, 0.15) is 0 Å². The van der Waals surface area contributed by atoms with Crippen LogP contribution in [0, 0.1) is 10.1 Å². The van der Waals surface area contributed by atoms with Gasteiger partial charge in [-0.3, -0.25) is 10.1 Å². The molecule has 1 aliphatic rings. The van der Waals surface area contributed by atoms with Crippen LogP contribution in [0.25, 0.3) is 6.08 Å². The number of methoxy groups -OCH3 is 2. The highest BCUT2D eigenvalue weighted by molar-refractivity contribution is 6.34. The topological polar surface area (TPSA) is 100 Å². The molecule has 8 nitrogen and oxygen atoms in total. The lowest BCUT2D eigenvalue weighted by Gasteiger charge is -2.07. The first-order valence-electron chi connectivity index (χ1n) is 7.62. The Hall–Kier alpha value is -3.39. The van der Waals surface area contributed by atoms with Crippen molar-refractivity contribution in [1.82, 2.24) is 0 Å². The van der Waals surface area contributed by atoms with Crippen molar-refractivity contribution in [1.29, 1.82) is 0 Å². The van der Waals surface area contributed by atoms with E-state index in [-0.39, 0.29) is 27.9 Å². The lowest BCUT2D eigenvalue weighted by molar-refractivity contribution is -0.384. The van der Waals surface area contributed by atoms with Gasteiger partial charge in [-0.15, -0.1) is 0 Å². The molecule has 0 aliphatic carbocycles. The Balaban J connectivity index is 1.95. The summed E-state index contributed by atoms with van der Waals surface area (Å²) >= 11 is 6.06. The first-order chi connectivity index (χ1) is 12.9. The summed E-state index contributed by atoms with van der Waals surface area (Å²) in [6.45, 7) is 0. The number of rotatable bonds is 5. The zero-order chi connectivity index (χ0) is 19.6. The molecule has 0 fully saturated rings. The van der Waals surface area contributed by atoms with E-state index in [9.17, 15) is 14.9 Å². The standard InChI is InChI=1S/C18H13ClN2O6/c1-25-15-6-3-10(8-16(15)26-2)7-14-18(22)27-17(20-14)12-5-4-11(21(23)24)9-13(12)19/h3-9H,1-2H3. The highest BCUT2D eigenvalue weighted by Crippen LogP contribution is 2.30. The number of carbonyl (C=O) groups excluding carboxylic acids is 1. The van der Waals surface area contributed by atoms with Gasteiger partial charge < -0.3 is 14.2 Å². The van der Waals surface area contributed by atoms with E-state index in [0.29, 0.717) is 17.1 Å². The third-order valence-electron chi connectivity index (χ3n) is 3.73. The van der Waals surface area contributed by atoms with Crippen LogP contribution in [-0.2, 0) is 9.53 Å². The van der Waals surface area contributed by atoms with Gasteiger partial charge in [-0.05, 0) is 29.8 Å². The summed E-state index contributed by atoms with van der Waals surface area (Å²) in [7, 11) is 3.03. The van der Waals surface area contributed by atoms with Crippen molar-refractivity contribution in [2.24, 2.45) is 4.99 Å². The second-order valence-electron chi connectivity index (χ2n) is 5.37. The Kier molecular flexibility index (Phi) is 5.09. The Morgan fingerprint density at radius 1 is 1.15 bits per heavy atom. The van der Waals surface area contributed by atoms with Gasteiger partial charge in [-0.25, -0.2) is 9.79 Å². The minimum absolute atomic E-state index is 0.0216. The van der Waals surface area contributed by atoms with E-state index in [0.717, 1.165) is 0 Å². The zero-order valence-corrected chi connectivity index (χ0v) is 15.0. The fraction of sp³-hybridized carbons (Fsp3) is 0.111. The molecule has 0 bridgehead atoms. The normalized spacial score (nSPS) is 14.7. The molecule has 0 amide bonds. The maximum absolute atomic E-state index is 12.1. The number of nitrogens with zero attached hydrogens (tertiary/aromatic N) is 2. The average Bonchev–Trinajstić information content (AvgIpc) is 3.01. The first kappa shape index (κ1) is 18.4. The summed E-state index contributed by atoms with van der Waals surface area (Å²) in [4.78, 5) is 26.5. The minimum atomic E-state index is -0.658. The highest BCUT2D eigenvalue weighted by Gasteiger charge is 2.26. The van der Waals surface area contributed by atoms with Gasteiger partial charge in [0.05, 0.1) is 29.7 Å². The van der Waals surface area contributed by atoms with E-state index in [2.05, 4.69) is 4.99 Å². The maximum atomic E-state index is 12.1. The predicted octanol–water partition coefficient (Wildman–Crippen LogP) is 3.61. The van der Waals surface area contributed by atoms with Gasteiger partial charge in [-0.1, -0.05) is 17.7 Å². The molecule has 0 radical (unpaired) electrons. The summed E-state index contributed by atoms with van der Waals surface area (Å²) in [6.07, 6.45) is 1.52. The molecule has 3 rings (SSSR count). The van der Waals surface area contributed by atoms with Crippen molar-refractivity contribution in [2.45, 2.75) is 0 Å². The molecule has 0 spiro atoms. The number of esters is 1. The molecule has 0 saturated heterocycles. The second-order valence-corrected chi connectivity index (χ2v) is 5.78. The second kappa shape index (κ2) is 7.46. The minimum Gasteiger partial charge on any atom is -0.493 e. The van der Waals surface area contributed by atoms with Crippen LogP contribution in [0.2, 0.25) is 5.02 Å². The molecular weight excluding hydrogens is 376 g/mol. The monoisotopic (exact) mass is 388 g/mol. The lowest BCUT2D eigenvalue weighted by Crippen LogP contribution is -2.06. The highest BCUT2D eigenvalue weighted by atomic mass is 35.5. The average molecular weight is 389 g/mol. The molecule has 27 heavy (non-hydrogen) atoms. The van der Waals surface area contributed by atoms with Gasteiger partial charge in [0.2, 0.25) is 5.90 Å². The molecule has 9 heteroatoms. The van der Waals surface area contributed by atoms with E-state index >= 15 is 0 Å². The number of carbonyl (C=O) groups is 1. The number of hydrogen-bond acceptors (Lipinski definition) is 7. The van der Waals surface area contributed by atoms with Crippen molar-refractivity contribution in [3.63, 3.8) is 0 Å².